The van der Waals surface area contributed by atoms with Gasteiger partial charge < -0.3 is 5.01 Å². The lowest BCUT2D eigenvalue weighted by atomic mass is 10.2. The molecule has 13 heavy (non-hydrogen) atoms. The molecule has 0 fully saturated rings. The second kappa shape index (κ2) is 5.51. The van der Waals surface area contributed by atoms with Gasteiger partial charge in [-0.2, -0.15) is 0 Å². The van der Waals surface area contributed by atoms with Crippen molar-refractivity contribution in [3.05, 3.63) is 12.3 Å². The summed E-state index contributed by atoms with van der Waals surface area (Å²) in [6, 6.07) is 0. The summed E-state index contributed by atoms with van der Waals surface area (Å²) in [5.41, 5.74) is 0. The highest BCUT2D eigenvalue weighted by Gasteiger charge is 2.15. The third kappa shape index (κ3) is 3.57. The van der Waals surface area contributed by atoms with Gasteiger partial charge in [-0.15, -0.1) is 11.6 Å². The molecule has 0 saturated carbocycles. The van der Waals surface area contributed by atoms with Crippen LogP contribution in [0.4, 0.5) is 0 Å². The number of hydrazine groups is 1. The molecule has 0 N–H and O–H groups in total. The van der Waals surface area contributed by atoms with Crippen molar-refractivity contribution in [2.45, 2.75) is 20.3 Å². The first-order valence-corrected chi connectivity index (χ1v) is 5.51. The minimum Gasteiger partial charge on any atom is -0.313 e. The summed E-state index contributed by atoms with van der Waals surface area (Å²) >= 11 is 5.67. The van der Waals surface area contributed by atoms with Crippen molar-refractivity contribution < 1.29 is 0 Å². The first kappa shape index (κ1) is 10.9. The fourth-order valence-corrected chi connectivity index (χ4v) is 1.62. The maximum atomic E-state index is 5.67. The summed E-state index contributed by atoms with van der Waals surface area (Å²) in [6.45, 7) is 7.71. The molecular weight excluding hydrogens is 184 g/mol. The molecule has 0 radical (unpaired) electrons. The van der Waals surface area contributed by atoms with E-state index in [0.29, 0.717) is 5.92 Å². The van der Waals surface area contributed by atoms with Gasteiger partial charge in [-0.3, -0.25) is 0 Å². The number of hydrogen-bond donors (Lipinski definition) is 0. The van der Waals surface area contributed by atoms with Gasteiger partial charge >= 0.3 is 0 Å². The van der Waals surface area contributed by atoms with Crippen LogP contribution in [0.15, 0.2) is 12.3 Å². The van der Waals surface area contributed by atoms with Crippen molar-refractivity contribution in [2.24, 2.45) is 5.92 Å². The molecule has 0 aliphatic carbocycles. The van der Waals surface area contributed by atoms with Gasteiger partial charge in [0.25, 0.3) is 0 Å². The van der Waals surface area contributed by atoms with Gasteiger partial charge in [-0.25, -0.2) is 5.01 Å². The normalized spacial score (nSPS) is 17.7. The summed E-state index contributed by atoms with van der Waals surface area (Å²) < 4.78 is 0. The van der Waals surface area contributed by atoms with Crippen LogP contribution in [0.5, 0.6) is 0 Å². The van der Waals surface area contributed by atoms with Gasteiger partial charge in [0.2, 0.25) is 0 Å². The standard InChI is InChI=1S/C10H19ClN2/c1-10(2)9-13-8-4-7-12(13)6-3-5-11/h4,8,10H,3,5-7,9H2,1-2H3. The fraction of sp³-hybridized carbons (Fsp3) is 0.800. The molecule has 1 rings (SSSR count). The van der Waals surface area contributed by atoms with E-state index < -0.39 is 0 Å². The Kier molecular flexibility index (Phi) is 4.60. The molecule has 3 heteroatoms. The number of rotatable bonds is 5. The van der Waals surface area contributed by atoms with E-state index in [1.54, 1.807) is 0 Å². The molecule has 0 saturated heterocycles. The smallest absolute Gasteiger partial charge is 0.0379 e. The molecule has 0 aromatic rings. The maximum Gasteiger partial charge on any atom is 0.0379 e. The molecule has 0 amide bonds. The Morgan fingerprint density at radius 2 is 2.23 bits per heavy atom. The number of alkyl halides is 1. The minimum absolute atomic E-state index is 0.709. The molecule has 0 atom stereocenters. The summed E-state index contributed by atoms with van der Waals surface area (Å²) in [5, 5.41) is 4.65. The van der Waals surface area contributed by atoms with E-state index >= 15 is 0 Å². The van der Waals surface area contributed by atoms with Crippen molar-refractivity contribution >= 4 is 11.6 Å². The third-order valence-corrected chi connectivity index (χ3v) is 2.33. The van der Waals surface area contributed by atoms with Crippen LogP contribution < -0.4 is 0 Å². The van der Waals surface area contributed by atoms with Crippen LogP contribution >= 0.6 is 11.6 Å². The van der Waals surface area contributed by atoms with Crippen LogP contribution in [0.3, 0.4) is 0 Å². The minimum atomic E-state index is 0.709. The van der Waals surface area contributed by atoms with Crippen LogP contribution in [0.25, 0.3) is 0 Å². The van der Waals surface area contributed by atoms with Crippen molar-refractivity contribution in [3.8, 4) is 0 Å². The quantitative estimate of drug-likeness (QED) is 0.632. The van der Waals surface area contributed by atoms with Crippen molar-refractivity contribution in [2.75, 3.05) is 25.5 Å². The average molecular weight is 203 g/mol. The predicted octanol–water partition coefficient (Wildman–Crippen LogP) is 2.32. The van der Waals surface area contributed by atoms with Crippen LogP contribution in [0.1, 0.15) is 20.3 Å². The Hall–Kier alpha value is -0.210. The topological polar surface area (TPSA) is 6.48 Å². The lowest BCUT2D eigenvalue weighted by Gasteiger charge is -2.30. The Bertz CT molecular complexity index is 168. The Morgan fingerprint density at radius 3 is 2.85 bits per heavy atom. The van der Waals surface area contributed by atoms with Crippen LogP contribution in [-0.2, 0) is 0 Å². The predicted molar refractivity (Wildman–Crippen MR) is 57.6 cm³/mol. The van der Waals surface area contributed by atoms with Crippen molar-refractivity contribution in [1.82, 2.24) is 10.0 Å². The molecule has 0 aromatic carbocycles. The molecule has 0 aromatic heterocycles. The van der Waals surface area contributed by atoms with E-state index in [2.05, 4.69) is 36.1 Å². The first-order chi connectivity index (χ1) is 6.24. The molecule has 76 valence electrons. The fourth-order valence-electron chi connectivity index (χ4n) is 1.50. The third-order valence-electron chi connectivity index (χ3n) is 2.06. The van der Waals surface area contributed by atoms with Gasteiger partial charge in [-0.05, 0) is 12.3 Å². The van der Waals surface area contributed by atoms with Crippen LogP contribution in [0, 0.1) is 5.92 Å². The Balaban J connectivity index is 2.29. The van der Waals surface area contributed by atoms with Gasteiger partial charge in [0, 0.05) is 31.7 Å². The average Bonchev–Trinajstić information content (AvgIpc) is 2.48. The highest BCUT2D eigenvalue weighted by atomic mass is 35.5. The van der Waals surface area contributed by atoms with E-state index in [4.69, 9.17) is 11.6 Å². The van der Waals surface area contributed by atoms with E-state index in [9.17, 15) is 0 Å². The summed E-state index contributed by atoms with van der Waals surface area (Å²) in [7, 11) is 0. The maximum absolute atomic E-state index is 5.67. The molecule has 0 spiro atoms. The van der Waals surface area contributed by atoms with E-state index in [0.717, 1.165) is 31.9 Å². The lowest BCUT2D eigenvalue weighted by molar-refractivity contribution is 0.0416. The highest BCUT2D eigenvalue weighted by molar-refractivity contribution is 6.17. The Morgan fingerprint density at radius 1 is 1.46 bits per heavy atom. The zero-order valence-electron chi connectivity index (χ0n) is 8.54. The number of nitrogens with zero attached hydrogens (tertiary/aromatic N) is 2. The van der Waals surface area contributed by atoms with Crippen molar-refractivity contribution in [1.29, 1.82) is 0 Å². The molecule has 1 heterocycles. The highest BCUT2D eigenvalue weighted by Crippen LogP contribution is 2.11. The van der Waals surface area contributed by atoms with Crippen LogP contribution in [0.2, 0.25) is 0 Å². The summed E-state index contributed by atoms with van der Waals surface area (Å²) in [6.07, 6.45) is 5.45. The van der Waals surface area contributed by atoms with E-state index in [1.165, 1.54) is 0 Å². The monoisotopic (exact) mass is 202 g/mol. The second-order valence-corrected chi connectivity index (χ2v) is 4.23. The Labute approximate surface area is 86.1 Å². The van der Waals surface area contributed by atoms with Gasteiger partial charge in [0.1, 0.15) is 0 Å². The molecule has 1 aliphatic heterocycles. The zero-order chi connectivity index (χ0) is 9.68. The van der Waals surface area contributed by atoms with E-state index in [1.807, 2.05) is 0 Å². The molecule has 0 bridgehead atoms. The van der Waals surface area contributed by atoms with Crippen LogP contribution in [-0.4, -0.2) is 35.5 Å². The van der Waals surface area contributed by atoms with Gasteiger partial charge in [0.15, 0.2) is 0 Å². The SMILES string of the molecule is CC(C)CN1C=CCN1CCCCl. The van der Waals surface area contributed by atoms with Gasteiger partial charge in [0.05, 0.1) is 0 Å². The lowest BCUT2D eigenvalue weighted by Crippen LogP contribution is -2.38. The molecule has 0 unspecified atom stereocenters. The summed E-state index contributed by atoms with van der Waals surface area (Å²) in [4.78, 5) is 0. The van der Waals surface area contributed by atoms with Gasteiger partial charge in [-0.1, -0.05) is 19.9 Å². The molecule has 1 aliphatic rings. The molecular formula is C10H19ClN2. The van der Waals surface area contributed by atoms with Crippen molar-refractivity contribution in [3.63, 3.8) is 0 Å². The summed E-state index contributed by atoms with van der Waals surface area (Å²) in [5.74, 6) is 1.47. The second-order valence-electron chi connectivity index (χ2n) is 3.86. The zero-order valence-corrected chi connectivity index (χ0v) is 9.30. The van der Waals surface area contributed by atoms with E-state index in [-0.39, 0.29) is 0 Å². The number of hydrogen-bond acceptors (Lipinski definition) is 2. The molecule has 2 nitrogen and oxygen atoms in total. The number of halogens is 1. The largest absolute Gasteiger partial charge is 0.313 e. The first-order valence-electron chi connectivity index (χ1n) is 4.98.